The van der Waals surface area contributed by atoms with Crippen LogP contribution in [0.15, 0.2) is 51.8 Å². The molecule has 0 radical (unpaired) electrons. The van der Waals surface area contributed by atoms with Crippen molar-refractivity contribution < 1.29 is 26.5 Å². The molecule has 2 fully saturated rings. The SMILES string of the molecule is COC12OCC3(C)C4=CC[C@@H](C)C4(C([Si](C)(C)C)=C(OS(=O)(=O)c4ccc(C)cc4)C31C)C2O[Si](C)(C)C. The Hall–Kier alpha value is -1.24. The lowest BCUT2D eigenvalue weighted by Gasteiger charge is -2.69. The standard InChI is InChI=1S/C29H44O6SSi2/c1-19-12-15-21(16-13-19)36(30,31)34-23-24(37(6,7)8)28-20(2)14-17-22(28)26(3)18-33-29(32-5,27(23,26)4)25(28)35-38(9,10)11/h12-13,15-17,20,25H,14,18H2,1-11H3/t20-,25?,26?,27?,28?,29?/m1/s1. The quantitative estimate of drug-likeness (QED) is 0.212. The summed E-state index contributed by atoms with van der Waals surface area (Å²) >= 11 is 0. The summed E-state index contributed by atoms with van der Waals surface area (Å²) in [4.78, 5) is 0.156. The normalized spacial score (nSPS) is 38.4. The third kappa shape index (κ3) is 3.29. The first-order valence-electron chi connectivity index (χ1n) is 13.7. The Labute approximate surface area is 231 Å². The summed E-state index contributed by atoms with van der Waals surface area (Å²) in [6, 6.07) is 6.86. The molecule has 1 saturated carbocycles. The monoisotopic (exact) mass is 576 g/mol. The third-order valence-corrected chi connectivity index (χ3v) is 14.1. The molecule has 6 atom stereocenters. The lowest BCUT2D eigenvalue weighted by Crippen LogP contribution is -2.77. The van der Waals surface area contributed by atoms with E-state index in [-0.39, 0.29) is 10.8 Å². The fourth-order valence-corrected chi connectivity index (χ4v) is 13.0. The Morgan fingerprint density at radius 1 is 1.03 bits per heavy atom. The van der Waals surface area contributed by atoms with Gasteiger partial charge in [0.05, 0.1) is 20.1 Å². The average molecular weight is 577 g/mol. The van der Waals surface area contributed by atoms with Crippen LogP contribution in [0.2, 0.25) is 39.3 Å². The van der Waals surface area contributed by atoms with Gasteiger partial charge in [0.15, 0.2) is 8.32 Å². The molecular weight excluding hydrogens is 533 g/mol. The number of hydrogen-bond donors (Lipinski definition) is 0. The molecule has 4 bridgehead atoms. The molecule has 1 spiro atoms. The first kappa shape index (κ1) is 28.3. The van der Waals surface area contributed by atoms with Crippen LogP contribution in [0.4, 0.5) is 0 Å². The minimum atomic E-state index is -4.11. The number of hydrogen-bond acceptors (Lipinski definition) is 6. The first-order valence-corrected chi connectivity index (χ1v) is 22.0. The number of aryl methyl sites for hydroxylation is 1. The number of allylic oxidation sites excluding steroid dienone is 1. The molecule has 1 saturated heterocycles. The Balaban J connectivity index is 1.89. The van der Waals surface area contributed by atoms with Gasteiger partial charge in [0.2, 0.25) is 5.79 Å². The molecule has 1 aromatic rings. The summed E-state index contributed by atoms with van der Waals surface area (Å²) in [5, 5.41) is 1.14. The summed E-state index contributed by atoms with van der Waals surface area (Å²) in [6.45, 7) is 22.4. The van der Waals surface area contributed by atoms with Crippen LogP contribution in [0.3, 0.4) is 0 Å². The van der Waals surface area contributed by atoms with Gasteiger partial charge < -0.3 is 18.1 Å². The van der Waals surface area contributed by atoms with Gasteiger partial charge in [-0.1, -0.05) is 62.8 Å². The van der Waals surface area contributed by atoms with Crippen molar-refractivity contribution in [1.29, 1.82) is 0 Å². The van der Waals surface area contributed by atoms with Gasteiger partial charge in [0.1, 0.15) is 16.8 Å². The zero-order valence-corrected chi connectivity index (χ0v) is 27.6. The van der Waals surface area contributed by atoms with Crippen LogP contribution in [0.5, 0.6) is 0 Å². The second kappa shape index (κ2) is 8.16. The highest BCUT2D eigenvalue weighted by molar-refractivity contribution is 7.86. The second-order valence-corrected chi connectivity index (χ2v) is 25.2. The minimum Gasteiger partial charge on any atom is -0.408 e. The zero-order chi connectivity index (χ0) is 28.3. The van der Waals surface area contributed by atoms with E-state index in [4.69, 9.17) is 18.1 Å². The van der Waals surface area contributed by atoms with Crippen LogP contribution >= 0.6 is 0 Å². The average Bonchev–Trinajstić information content (AvgIpc) is 3.22. The van der Waals surface area contributed by atoms with Crippen molar-refractivity contribution in [1.82, 2.24) is 0 Å². The highest BCUT2D eigenvalue weighted by atomic mass is 32.2. The molecular formula is C29H44O6SSi2. The summed E-state index contributed by atoms with van der Waals surface area (Å²) in [6.07, 6.45) is 2.90. The fraction of sp³-hybridized carbons (Fsp3) is 0.655. The molecule has 1 heterocycles. The number of ether oxygens (including phenoxy) is 2. The van der Waals surface area contributed by atoms with Crippen molar-refractivity contribution in [2.24, 2.45) is 22.2 Å². The summed E-state index contributed by atoms with van der Waals surface area (Å²) in [7, 11) is -6.76. The molecule has 6 nitrogen and oxygen atoms in total. The first-order chi connectivity index (χ1) is 17.3. The number of rotatable bonds is 7. The van der Waals surface area contributed by atoms with Gasteiger partial charge in [-0.05, 0) is 63.2 Å². The van der Waals surface area contributed by atoms with E-state index in [9.17, 15) is 8.42 Å². The molecule has 38 heavy (non-hydrogen) atoms. The van der Waals surface area contributed by atoms with Crippen LogP contribution in [0.1, 0.15) is 32.8 Å². The van der Waals surface area contributed by atoms with Gasteiger partial charge in [0, 0.05) is 17.9 Å². The van der Waals surface area contributed by atoms with Crippen molar-refractivity contribution in [3.63, 3.8) is 0 Å². The summed E-state index contributed by atoms with van der Waals surface area (Å²) in [5.74, 6) is -0.471. The van der Waals surface area contributed by atoms with Crippen molar-refractivity contribution in [3.05, 3.63) is 52.4 Å². The molecule has 0 N–H and O–H groups in total. The van der Waals surface area contributed by atoms with Crippen LogP contribution in [0, 0.1) is 29.1 Å². The van der Waals surface area contributed by atoms with Gasteiger partial charge >= 0.3 is 10.1 Å². The van der Waals surface area contributed by atoms with Gasteiger partial charge in [-0.25, -0.2) is 0 Å². The van der Waals surface area contributed by atoms with Crippen LogP contribution in [-0.2, 0) is 28.2 Å². The van der Waals surface area contributed by atoms with E-state index >= 15 is 0 Å². The topological polar surface area (TPSA) is 71.1 Å². The number of benzene rings is 1. The van der Waals surface area contributed by atoms with E-state index in [1.165, 1.54) is 5.57 Å². The van der Waals surface area contributed by atoms with Crippen molar-refractivity contribution in [2.75, 3.05) is 13.7 Å². The molecule has 5 unspecified atom stereocenters. The predicted octanol–water partition coefficient (Wildman–Crippen LogP) is 6.42. The molecule has 1 aromatic carbocycles. The third-order valence-electron chi connectivity index (χ3n) is 9.75. The zero-order valence-electron chi connectivity index (χ0n) is 24.8. The molecule has 6 rings (SSSR count). The molecule has 0 aromatic heterocycles. The van der Waals surface area contributed by atoms with Gasteiger partial charge in [-0.15, -0.1) is 0 Å². The van der Waals surface area contributed by atoms with E-state index in [1.807, 2.05) is 6.92 Å². The fourth-order valence-electron chi connectivity index (χ4n) is 8.11. The Bertz CT molecular complexity index is 1340. The van der Waals surface area contributed by atoms with E-state index < -0.39 is 54.6 Å². The molecule has 9 heteroatoms. The largest absolute Gasteiger partial charge is 0.408 e. The van der Waals surface area contributed by atoms with Gasteiger partial charge in [0.25, 0.3) is 0 Å². The van der Waals surface area contributed by atoms with Crippen molar-refractivity contribution in [2.45, 2.75) is 90.2 Å². The van der Waals surface area contributed by atoms with E-state index in [2.05, 4.69) is 66.1 Å². The lowest BCUT2D eigenvalue weighted by atomic mass is 9.41. The maximum absolute atomic E-state index is 14.0. The highest BCUT2D eigenvalue weighted by Gasteiger charge is 2.87. The van der Waals surface area contributed by atoms with Gasteiger partial charge in [-0.3, -0.25) is 0 Å². The summed E-state index contributed by atoms with van der Waals surface area (Å²) < 4.78 is 54.7. The van der Waals surface area contributed by atoms with Crippen LogP contribution in [-0.4, -0.2) is 50.4 Å². The molecule has 210 valence electrons. The van der Waals surface area contributed by atoms with Gasteiger partial charge in [-0.2, -0.15) is 8.42 Å². The lowest BCUT2D eigenvalue weighted by molar-refractivity contribution is -0.319. The maximum Gasteiger partial charge on any atom is 0.338 e. The Morgan fingerprint density at radius 3 is 2.16 bits per heavy atom. The molecule has 1 aliphatic heterocycles. The minimum absolute atomic E-state index is 0.156. The predicted molar refractivity (Wildman–Crippen MR) is 154 cm³/mol. The highest BCUT2D eigenvalue weighted by Crippen LogP contribution is 2.82. The second-order valence-electron chi connectivity index (χ2n) is 14.2. The molecule has 4 aliphatic carbocycles. The molecule has 0 amide bonds. The summed E-state index contributed by atoms with van der Waals surface area (Å²) in [5.41, 5.74) is 0.345. The Kier molecular flexibility index (Phi) is 6.08. The van der Waals surface area contributed by atoms with Crippen LogP contribution in [0.25, 0.3) is 0 Å². The number of methoxy groups -OCH3 is 1. The van der Waals surface area contributed by atoms with Crippen molar-refractivity contribution in [3.8, 4) is 0 Å². The molecule has 5 aliphatic rings. The van der Waals surface area contributed by atoms with Crippen molar-refractivity contribution >= 4 is 26.5 Å². The van der Waals surface area contributed by atoms with E-state index in [1.54, 1.807) is 31.4 Å². The Morgan fingerprint density at radius 2 is 1.63 bits per heavy atom. The van der Waals surface area contributed by atoms with Crippen LogP contribution < -0.4 is 0 Å². The maximum atomic E-state index is 14.0. The smallest absolute Gasteiger partial charge is 0.338 e. The van der Waals surface area contributed by atoms with E-state index in [0.29, 0.717) is 12.4 Å². The van der Waals surface area contributed by atoms with E-state index in [0.717, 1.165) is 17.2 Å².